The summed E-state index contributed by atoms with van der Waals surface area (Å²) in [6.07, 6.45) is 9.00. The van der Waals surface area contributed by atoms with Crippen molar-refractivity contribution in [2.75, 3.05) is 12.4 Å². The van der Waals surface area contributed by atoms with E-state index in [2.05, 4.69) is 38.8 Å². The second kappa shape index (κ2) is 27.5. The molecule has 14 nitrogen and oxygen atoms in total. The number of hydrogen-bond donors (Lipinski definition) is 5. The van der Waals surface area contributed by atoms with Crippen molar-refractivity contribution in [3.05, 3.63) is 77.9 Å². The first-order valence-electron chi connectivity index (χ1n) is 18.1. The van der Waals surface area contributed by atoms with Crippen LogP contribution in [0.25, 0.3) is 0 Å². The molecule has 3 rings (SSSR count). The standard InChI is InChI=1S/C15H22O2.C11H16O4.C8H8O4S.C6H8Br2O4/c1-3-4-5-9-12-15(2,14(16)17)13-10-7-6-8-11-13;1-7-3-4-9(6-15-8(2)12)10(5-7)11(13)14;9-8(10)6-13(11,12)7-4-2-1-3-5-7;7-3(5(9)10)1-2-4(8)6(11)12/h6-8,10-11H,3-5,9,12H2,1-2H3,(H,16,17);3,9-10H,4-6H2,1-2H3,(H,13,14);1-5H,6H2,(H,9,10);3-4H,1-2H2,(H,9,10)(H,11,12). The highest BCUT2D eigenvalue weighted by atomic mass is 79.9. The predicted molar refractivity (Wildman–Crippen MR) is 220 cm³/mol. The van der Waals surface area contributed by atoms with Gasteiger partial charge in [-0.15, -0.1) is 0 Å². The number of benzene rings is 2. The molecule has 1 aliphatic carbocycles. The molecule has 0 amide bonds. The number of unbranched alkanes of at least 4 members (excludes halogenated alkanes) is 3. The largest absolute Gasteiger partial charge is 0.481 e. The van der Waals surface area contributed by atoms with Crippen molar-refractivity contribution in [1.29, 1.82) is 0 Å². The molecule has 5 atom stereocenters. The number of sulfone groups is 1. The maximum atomic E-state index is 11.5. The maximum absolute atomic E-state index is 11.5. The average Bonchev–Trinajstić information content (AvgIpc) is 3.15. The van der Waals surface area contributed by atoms with Gasteiger partial charge in [-0.3, -0.25) is 28.8 Å². The Balaban J connectivity index is 0.000000740. The summed E-state index contributed by atoms with van der Waals surface area (Å²) < 4.78 is 27.4. The van der Waals surface area contributed by atoms with E-state index in [0.717, 1.165) is 24.0 Å². The number of carbonyl (C=O) groups is 6. The van der Waals surface area contributed by atoms with Gasteiger partial charge in [-0.1, -0.05) is 125 Å². The summed E-state index contributed by atoms with van der Waals surface area (Å²) in [6, 6.07) is 17.1. The quantitative estimate of drug-likeness (QED) is 0.0418. The highest BCUT2D eigenvalue weighted by Crippen LogP contribution is 2.31. The zero-order valence-electron chi connectivity index (χ0n) is 32.5. The Bertz CT molecular complexity index is 1700. The lowest BCUT2D eigenvalue weighted by Gasteiger charge is -2.26. The van der Waals surface area contributed by atoms with Gasteiger partial charge in [-0.25, -0.2) is 8.42 Å². The lowest BCUT2D eigenvalue weighted by atomic mass is 9.78. The van der Waals surface area contributed by atoms with Crippen LogP contribution in [0, 0.1) is 11.8 Å². The Labute approximate surface area is 350 Å². The predicted octanol–water partition coefficient (Wildman–Crippen LogP) is 7.61. The van der Waals surface area contributed by atoms with Crippen molar-refractivity contribution >= 4 is 77.5 Å². The third kappa shape index (κ3) is 21.9. The molecule has 0 fully saturated rings. The van der Waals surface area contributed by atoms with Crippen molar-refractivity contribution in [2.24, 2.45) is 11.8 Å². The molecular formula is C40H54Br2O14S. The molecule has 0 radical (unpaired) electrons. The second-order valence-electron chi connectivity index (χ2n) is 13.5. The van der Waals surface area contributed by atoms with E-state index in [1.807, 2.05) is 50.3 Å². The van der Waals surface area contributed by atoms with Crippen LogP contribution in [0.1, 0.15) is 91.0 Å². The highest BCUT2D eigenvalue weighted by Gasteiger charge is 2.34. The van der Waals surface area contributed by atoms with E-state index in [9.17, 15) is 42.3 Å². The first kappa shape index (κ1) is 52.9. The first-order valence-corrected chi connectivity index (χ1v) is 21.6. The smallest absolute Gasteiger partial charge is 0.319 e. The number of aliphatic carboxylic acids is 5. The summed E-state index contributed by atoms with van der Waals surface area (Å²) in [5.41, 5.74) is 1.26. The van der Waals surface area contributed by atoms with Gasteiger partial charge >= 0.3 is 35.8 Å². The minimum Gasteiger partial charge on any atom is -0.481 e. The zero-order chi connectivity index (χ0) is 43.8. The minimum absolute atomic E-state index is 0.0393. The fraction of sp³-hybridized carbons (Fsp3) is 0.500. The van der Waals surface area contributed by atoms with Gasteiger partial charge in [0.05, 0.1) is 22.8 Å². The van der Waals surface area contributed by atoms with E-state index in [1.165, 1.54) is 31.9 Å². The van der Waals surface area contributed by atoms with Crippen LogP contribution in [-0.2, 0) is 48.8 Å². The van der Waals surface area contributed by atoms with Crippen molar-refractivity contribution in [2.45, 2.75) is 105 Å². The Kier molecular flexibility index (Phi) is 25.6. The maximum Gasteiger partial charge on any atom is 0.319 e. The Hall–Kier alpha value is -4.09. The highest BCUT2D eigenvalue weighted by molar-refractivity contribution is 9.10. The number of alkyl halides is 2. The summed E-state index contributed by atoms with van der Waals surface area (Å²) in [7, 11) is -3.66. The van der Waals surface area contributed by atoms with E-state index < -0.39 is 66.4 Å². The zero-order valence-corrected chi connectivity index (χ0v) is 36.5. The summed E-state index contributed by atoms with van der Waals surface area (Å²) in [6.45, 7) is 7.46. The van der Waals surface area contributed by atoms with E-state index in [0.29, 0.717) is 19.3 Å². The molecular weight excluding hydrogens is 896 g/mol. The van der Waals surface area contributed by atoms with Gasteiger partial charge < -0.3 is 30.3 Å². The minimum atomic E-state index is -3.66. The summed E-state index contributed by atoms with van der Waals surface area (Å²) >= 11 is 5.81. The molecule has 0 saturated carbocycles. The Morgan fingerprint density at radius 1 is 0.825 bits per heavy atom. The SMILES string of the molecule is CC(=O)OCC1CC=C(C)CC1C(=O)O.CCCCCCC(C)(C(=O)O)c1ccccc1.O=C(O)C(Br)CCC(Br)C(=O)O.O=C(O)CS(=O)(=O)c1ccccc1. The third-order valence-electron chi connectivity index (χ3n) is 8.74. The second-order valence-corrected chi connectivity index (χ2v) is 17.7. The summed E-state index contributed by atoms with van der Waals surface area (Å²) in [5, 5.41) is 43.6. The van der Waals surface area contributed by atoms with Crippen LogP contribution >= 0.6 is 31.9 Å². The number of hydrogen-bond acceptors (Lipinski definition) is 9. The molecule has 5 unspecified atom stereocenters. The van der Waals surface area contributed by atoms with E-state index in [1.54, 1.807) is 18.2 Å². The van der Waals surface area contributed by atoms with Gasteiger partial charge in [0, 0.05) is 12.8 Å². The fourth-order valence-corrected chi connectivity index (χ4v) is 6.90. The lowest BCUT2D eigenvalue weighted by molar-refractivity contribution is -0.150. The van der Waals surface area contributed by atoms with Gasteiger partial charge in [0.15, 0.2) is 15.6 Å². The summed E-state index contributed by atoms with van der Waals surface area (Å²) in [4.78, 5) is 62.6. The normalized spacial score (nSPS) is 16.7. The van der Waals surface area contributed by atoms with Crippen molar-refractivity contribution < 1.29 is 67.5 Å². The van der Waals surface area contributed by atoms with Gasteiger partial charge in [-0.2, -0.15) is 0 Å². The van der Waals surface area contributed by atoms with Crippen LogP contribution in [0.4, 0.5) is 0 Å². The number of rotatable bonds is 18. The number of carbonyl (C=O) groups excluding carboxylic acids is 1. The molecule has 0 bridgehead atoms. The van der Waals surface area contributed by atoms with Crippen LogP contribution in [0.5, 0.6) is 0 Å². The molecule has 318 valence electrons. The van der Waals surface area contributed by atoms with Crippen LogP contribution < -0.4 is 0 Å². The molecule has 0 heterocycles. The van der Waals surface area contributed by atoms with Gasteiger partial charge in [0.1, 0.15) is 9.65 Å². The van der Waals surface area contributed by atoms with Gasteiger partial charge in [0.2, 0.25) is 0 Å². The molecule has 1 aliphatic rings. The van der Waals surface area contributed by atoms with Crippen molar-refractivity contribution in [3.8, 4) is 0 Å². The molecule has 5 N–H and O–H groups in total. The molecule has 57 heavy (non-hydrogen) atoms. The van der Waals surface area contributed by atoms with Gasteiger partial charge in [-0.05, 0) is 63.6 Å². The number of allylic oxidation sites excluding steroid dienone is 2. The molecule has 2 aromatic carbocycles. The summed E-state index contributed by atoms with van der Waals surface area (Å²) in [5.74, 6) is -6.55. The van der Waals surface area contributed by atoms with Crippen molar-refractivity contribution in [1.82, 2.24) is 0 Å². The number of carboxylic acid groups (broad SMARTS) is 5. The molecule has 2 aromatic rings. The fourth-order valence-electron chi connectivity index (χ4n) is 5.31. The molecule has 0 saturated heterocycles. The molecule has 0 aliphatic heterocycles. The number of halogens is 2. The van der Waals surface area contributed by atoms with E-state index >= 15 is 0 Å². The average molecular weight is 951 g/mol. The lowest BCUT2D eigenvalue weighted by Crippen LogP contribution is -2.32. The number of esters is 1. The third-order valence-corrected chi connectivity index (χ3v) is 12.1. The van der Waals surface area contributed by atoms with Crippen molar-refractivity contribution in [3.63, 3.8) is 0 Å². The van der Waals surface area contributed by atoms with Crippen LogP contribution in [0.2, 0.25) is 0 Å². The number of ether oxygens (including phenoxy) is 1. The monoisotopic (exact) mass is 948 g/mol. The van der Waals surface area contributed by atoms with Crippen LogP contribution in [-0.4, -0.2) is 91.8 Å². The topological polar surface area (TPSA) is 247 Å². The number of carboxylic acids is 5. The molecule has 0 aromatic heterocycles. The van der Waals surface area contributed by atoms with E-state index in [-0.39, 0.29) is 36.2 Å². The first-order chi connectivity index (χ1) is 26.6. The van der Waals surface area contributed by atoms with Crippen LogP contribution in [0.15, 0.2) is 77.2 Å². The van der Waals surface area contributed by atoms with Gasteiger partial charge in [0.25, 0.3) is 0 Å². The molecule has 0 spiro atoms. The molecule has 17 heteroatoms. The Morgan fingerprint density at radius 2 is 1.33 bits per heavy atom. The Morgan fingerprint density at radius 3 is 1.75 bits per heavy atom. The van der Waals surface area contributed by atoms with E-state index in [4.69, 9.17) is 25.2 Å². The van der Waals surface area contributed by atoms with Crippen LogP contribution in [0.3, 0.4) is 0 Å².